The molecule has 0 fully saturated rings. The molecule has 0 spiro atoms. The van der Waals surface area contributed by atoms with Crippen LogP contribution in [-0.4, -0.2) is 11.9 Å². The van der Waals surface area contributed by atoms with Gasteiger partial charge in [-0.1, -0.05) is 6.08 Å². The number of nitrogens with zero attached hydrogens (tertiary/aromatic N) is 3. The van der Waals surface area contributed by atoms with Crippen LogP contribution >= 0.6 is 0 Å². The van der Waals surface area contributed by atoms with Gasteiger partial charge in [-0.2, -0.15) is 10.5 Å². The fourth-order valence-corrected chi connectivity index (χ4v) is 1.15. The topological polar surface area (TPSA) is 50.8 Å². The molecule has 0 aromatic rings. The van der Waals surface area contributed by atoms with Crippen molar-refractivity contribution in [3.05, 3.63) is 35.2 Å². The van der Waals surface area contributed by atoms with E-state index in [9.17, 15) is 0 Å². The maximum Gasteiger partial charge on any atom is 0.153 e. The van der Waals surface area contributed by atoms with E-state index < -0.39 is 0 Å². The third-order valence-electron chi connectivity index (χ3n) is 1.76. The average Bonchev–Trinajstić information content (AvgIpc) is 2.10. The molecular formula is C10H9N3. The number of hydrogen-bond donors (Lipinski definition) is 0. The Morgan fingerprint density at radius 3 is 2.38 bits per heavy atom. The van der Waals surface area contributed by atoms with Crippen molar-refractivity contribution in [2.75, 3.05) is 7.05 Å². The Hall–Kier alpha value is -2.00. The number of allylic oxidation sites excluding steroid dienone is 4. The highest BCUT2D eigenvalue weighted by molar-refractivity contribution is 5.47. The summed E-state index contributed by atoms with van der Waals surface area (Å²) in [7, 11) is 1.82. The van der Waals surface area contributed by atoms with Gasteiger partial charge in [-0.3, -0.25) is 0 Å². The van der Waals surface area contributed by atoms with E-state index in [0.717, 1.165) is 5.57 Å². The lowest BCUT2D eigenvalue weighted by atomic mass is 10.1. The van der Waals surface area contributed by atoms with Crippen molar-refractivity contribution in [2.45, 2.75) is 6.92 Å². The van der Waals surface area contributed by atoms with Gasteiger partial charge in [0.15, 0.2) is 5.57 Å². The van der Waals surface area contributed by atoms with Crippen molar-refractivity contribution in [2.24, 2.45) is 0 Å². The maximum atomic E-state index is 8.65. The molecule has 0 saturated heterocycles. The molecule has 0 atom stereocenters. The lowest BCUT2D eigenvalue weighted by Crippen LogP contribution is -2.13. The summed E-state index contributed by atoms with van der Waals surface area (Å²) in [6.45, 7) is 1.96. The molecule has 0 radical (unpaired) electrons. The maximum absolute atomic E-state index is 8.65. The Labute approximate surface area is 77.5 Å². The minimum absolute atomic E-state index is 0.141. The first-order valence-electron chi connectivity index (χ1n) is 3.83. The van der Waals surface area contributed by atoms with Gasteiger partial charge in [0, 0.05) is 13.2 Å². The van der Waals surface area contributed by atoms with Crippen molar-refractivity contribution < 1.29 is 0 Å². The second-order valence-electron chi connectivity index (χ2n) is 2.80. The van der Waals surface area contributed by atoms with Crippen LogP contribution in [0, 0.1) is 22.7 Å². The van der Waals surface area contributed by atoms with Gasteiger partial charge in [0.2, 0.25) is 0 Å². The van der Waals surface area contributed by atoms with Crippen molar-refractivity contribution in [3.8, 4) is 12.1 Å². The summed E-state index contributed by atoms with van der Waals surface area (Å²) in [5, 5.41) is 17.3. The highest BCUT2D eigenvalue weighted by atomic mass is 15.1. The van der Waals surface area contributed by atoms with Gasteiger partial charge in [-0.25, -0.2) is 0 Å². The van der Waals surface area contributed by atoms with E-state index >= 15 is 0 Å². The largest absolute Gasteiger partial charge is 0.349 e. The number of rotatable bonds is 0. The van der Waals surface area contributed by atoms with Gasteiger partial charge in [0.1, 0.15) is 12.1 Å². The van der Waals surface area contributed by atoms with E-state index in [4.69, 9.17) is 10.5 Å². The van der Waals surface area contributed by atoms with Crippen LogP contribution in [-0.2, 0) is 0 Å². The second kappa shape index (κ2) is 3.60. The SMILES string of the molecule is CC1=CN(C)C(=C(C#N)C#N)C=C1. The summed E-state index contributed by atoms with van der Waals surface area (Å²) in [6, 6.07) is 3.73. The minimum atomic E-state index is 0.141. The minimum Gasteiger partial charge on any atom is -0.349 e. The van der Waals surface area contributed by atoms with Gasteiger partial charge in [0.05, 0.1) is 5.70 Å². The summed E-state index contributed by atoms with van der Waals surface area (Å²) < 4.78 is 0. The van der Waals surface area contributed by atoms with Crippen LogP contribution in [0.4, 0.5) is 0 Å². The first-order valence-corrected chi connectivity index (χ1v) is 3.83. The smallest absolute Gasteiger partial charge is 0.153 e. The molecule has 1 aliphatic heterocycles. The Morgan fingerprint density at radius 2 is 1.92 bits per heavy atom. The third-order valence-corrected chi connectivity index (χ3v) is 1.76. The average molecular weight is 171 g/mol. The van der Waals surface area contributed by atoms with Crippen LogP contribution in [0.1, 0.15) is 6.92 Å². The Balaban J connectivity index is 3.14. The van der Waals surface area contributed by atoms with Crippen LogP contribution < -0.4 is 0 Å². The summed E-state index contributed by atoms with van der Waals surface area (Å²) >= 11 is 0. The molecule has 0 bridgehead atoms. The predicted molar refractivity (Wildman–Crippen MR) is 48.9 cm³/mol. The molecule has 3 heteroatoms. The van der Waals surface area contributed by atoms with Gasteiger partial charge >= 0.3 is 0 Å². The molecule has 1 rings (SSSR count). The molecule has 1 heterocycles. The lowest BCUT2D eigenvalue weighted by Gasteiger charge is -2.19. The zero-order valence-electron chi connectivity index (χ0n) is 7.57. The number of hydrogen-bond acceptors (Lipinski definition) is 3. The first kappa shape index (κ1) is 9.09. The molecule has 0 amide bonds. The third kappa shape index (κ3) is 1.77. The summed E-state index contributed by atoms with van der Waals surface area (Å²) in [4.78, 5) is 1.77. The van der Waals surface area contributed by atoms with Crippen LogP contribution in [0.2, 0.25) is 0 Å². The van der Waals surface area contributed by atoms with Crippen molar-refractivity contribution in [3.63, 3.8) is 0 Å². The molecule has 13 heavy (non-hydrogen) atoms. The highest BCUT2D eigenvalue weighted by Gasteiger charge is 2.09. The molecule has 0 saturated carbocycles. The van der Waals surface area contributed by atoms with Crippen LogP contribution in [0.3, 0.4) is 0 Å². The Kier molecular flexibility index (Phi) is 2.52. The van der Waals surface area contributed by atoms with E-state index in [2.05, 4.69) is 0 Å². The monoisotopic (exact) mass is 171 g/mol. The standard InChI is InChI=1S/C10H9N3/c1-8-3-4-10(13(2)7-8)9(5-11)6-12/h3-4,7H,1-2H3. The van der Waals surface area contributed by atoms with Gasteiger partial charge < -0.3 is 4.90 Å². The van der Waals surface area contributed by atoms with E-state index in [1.54, 1.807) is 11.0 Å². The van der Waals surface area contributed by atoms with E-state index in [1.165, 1.54) is 0 Å². The lowest BCUT2D eigenvalue weighted by molar-refractivity contribution is 0.575. The fraction of sp³-hybridized carbons (Fsp3) is 0.200. The zero-order valence-corrected chi connectivity index (χ0v) is 7.57. The highest BCUT2D eigenvalue weighted by Crippen LogP contribution is 2.17. The molecular weight excluding hydrogens is 162 g/mol. The van der Waals surface area contributed by atoms with E-state index in [-0.39, 0.29) is 5.57 Å². The van der Waals surface area contributed by atoms with Gasteiger partial charge in [-0.15, -0.1) is 0 Å². The normalized spacial score (nSPS) is 14.6. The molecule has 3 nitrogen and oxygen atoms in total. The summed E-state index contributed by atoms with van der Waals surface area (Å²) in [5.74, 6) is 0. The predicted octanol–water partition coefficient (Wildman–Crippen LogP) is 1.69. The molecule has 0 unspecified atom stereocenters. The molecule has 64 valence electrons. The fourth-order valence-electron chi connectivity index (χ4n) is 1.15. The van der Waals surface area contributed by atoms with Crippen molar-refractivity contribution in [1.82, 2.24) is 4.90 Å². The molecule has 1 aliphatic rings. The Bertz CT molecular complexity index is 369. The van der Waals surface area contributed by atoms with Crippen molar-refractivity contribution in [1.29, 1.82) is 10.5 Å². The number of likely N-dealkylation sites (N-methyl/N-ethyl adjacent to an activating group) is 1. The summed E-state index contributed by atoms with van der Waals surface area (Å²) in [5.41, 5.74) is 1.89. The molecule has 0 aromatic carbocycles. The van der Waals surface area contributed by atoms with E-state index in [0.29, 0.717) is 5.70 Å². The molecule has 0 aromatic heterocycles. The van der Waals surface area contributed by atoms with Gasteiger partial charge in [-0.05, 0) is 18.6 Å². The molecule has 0 N–H and O–H groups in total. The molecule has 0 aliphatic carbocycles. The quantitative estimate of drug-likeness (QED) is 0.521. The van der Waals surface area contributed by atoms with Gasteiger partial charge in [0.25, 0.3) is 0 Å². The van der Waals surface area contributed by atoms with E-state index in [1.807, 2.05) is 38.4 Å². The first-order chi connectivity index (χ1) is 6.19. The zero-order chi connectivity index (χ0) is 9.84. The Morgan fingerprint density at radius 1 is 1.31 bits per heavy atom. The number of nitriles is 2. The van der Waals surface area contributed by atoms with Crippen LogP contribution in [0.15, 0.2) is 35.2 Å². The summed E-state index contributed by atoms with van der Waals surface area (Å²) in [6.07, 6.45) is 5.53. The second-order valence-corrected chi connectivity index (χ2v) is 2.80. The van der Waals surface area contributed by atoms with Crippen LogP contribution in [0.5, 0.6) is 0 Å². The van der Waals surface area contributed by atoms with Crippen LogP contribution in [0.25, 0.3) is 0 Å². The van der Waals surface area contributed by atoms with Crippen molar-refractivity contribution >= 4 is 0 Å².